The van der Waals surface area contributed by atoms with Gasteiger partial charge >= 0.3 is 0 Å². The average molecular weight is 381 g/mol. The van der Waals surface area contributed by atoms with Crippen LogP contribution in [0, 0.1) is 13.8 Å². The van der Waals surface area contributed by atoms with Crippen LogP contribution in [0.3, 0.4) is 0 Å². The molecular formula is C18H25ClN4OS. The molecule has 0 aliphatic carbocycles. The smallest absolute Gasteiger partial charge is 0.223 e. The molecule has 0 unspecified atom stereocenters. The molecule has 1 aliphatic heterocycles. The standard InChI is InChI=1S/C18H25ClN4OS/c1-11(2)16-20-17(15-12(3)13(4)25-18(15)21-16)23-9-7-22(8-10-23)14(24)5-6-19/h11H,5-10H2,1-4H3. The van der Waals surface area contributed by atoms with Crippen molar-refractivity contribution in [2.45, 2.75) is 40.0 Å². The van der Waals surface area contributed by atoms with Crippen molar-refractivity contribution in [1.29, 1.82) is 0 Å². The second-order valence-corrected chi connectivity index (χ2v) is 8.41. The van der Waals surface area contributed by atoms with Crippen molar-refractivity contribution in [3.63, 3.8) is 0 Å². The van der Waals surface area contributed by atoms with Gasteiger partial charge in [-0.3, -0.25) is 4.79 Å². The average Bonchev–Trinajstić information content (AvgIpc) is 2.89. The van der Waals surface area contributed by atoms with Crippen LogP contribution in [-0.2, 0) is 4.79 Å². The molecular weight excluding hydrogens is 356 g/mol. The first-order valence-electron chi connectivity index (χ1n) is 8.78. The summed E-state index contributed by atoms with van der Waals surface area (Å²) in [7, 11) is 0. The second-order valence-electron chi connectivity index (χ2n) is 6.83. The molecule has 7 heteroatoms. The molecule has 5 nitrogen and oxygen atoms in total. The third-order valence-corrected chi connectivity index (χ3v) is 6.07. The summed E-state index contributed by atoms with van der Waals surface area (Å²) in [6, 6.07) is 0. The lowest BCUT2D eigenvalue weighted by molar-refractivity contribution is -0.131. The van der Waals surface area contributed by atoms with E-state index in [0.717, 1.165) is 42.7 Å². The minimum atomic E-state index is 0.146. The van der Waals surface area contributed by atoms with Crippen LogP contribution in [0.1, 0.15) is 42.5 Å². The number of fused-ring (bicyclic) bond motifs is 1. The van der Waals surface area contributed by atoms with Crippen molar-refractivity contribution >= 4 is 44.9 Å². The Kier molecular flexibility index (Phi) is 5.49. The third kappa shape index (κ3) is 3.60. The number of amides is 1. The SMILES string of the molecule is Cc1sc2nc(C(C)C)nc(N3CCN(C(=O)CCCl)CC3)c2c1C. The van der Waals surface area contributed by atoms with Gasteiger partial charge < -0.3 is 9.80 Å². The number of halogens is 1. The summed E-state index contributed by atoms with van der Waals surface area (Å²) in [6.07, 6.45) is 0.416. The Labute approximate surface area is 158 Å². The van der Waals surface area contributed by atoms with E-state index in [2.05, 4.69) is 32.6 Å². The largest absolute Gasteiger partial charge is 0.352 e. The Morgan fingerprint density at radius 1 is 1.20 bits per heavy atom. The Morgan fingerprint density at radius 3 is 2.48 bits per heavy atom. The van der Waals surface area contributed by atoms with Crippen LogP contribution in [-0.4, -0.2) is 52.8 Å². The Morgan fingerprint density at radius 2 is 1.88 bits per heavy atom. The van der Waals surface area contributed by atoms with Gasteiger partial charge in [0.1, 0.15) is 16.5 Å². The summed E-state index contributed by atoms with van der Waals surface area (Å²) in [4.78, 5) is 28.3. The number of carbonyl (C=O) groups is 1. The molecule has 1 fully saturated rings. The Balaban J connectivity index is 1.92. The minimum absolute atomic E-state index is 0.146. The second kappa shape index (κ2) is 7.46. The summed E-state index contributed by atoms with van der Waals surface area (Å²) in [5.74, 6) is 2.74. The zero-order valence-corrected chi connectivity index (χ0v) is 16.9. The highest BCUT2D eigenvalue weighted by atomic mass is 35.5. The van der Waals surface area contributed by atoms with Crippen molar-refractivity contribution in [3.8, 4) is 0 Å². The molecule has 0 spiro atoms. The topological polar surface area (TPSA) is 49.3 Å². The van der Waals surface area contributed by atoms with Gasteiger partial charge in [0.15, 0.2) is 0 Å². The Bertz CT molecular complexity index is 781. The number of aryl methyl sites for hydroxylation is 2. The molecule has 2 aromatic rings. The van der Waals surface area contributed by atoms with Crippen molar-refractivity contribution < 1.29 is 4.79 Å². The first-order chi connectivity index (χ1) is 11.9. The van der Waals surface area contributed by atoms with E-state index in [1.807, 2.05) is 4.90 Å². The highest BCUT2D eigenvalue weighted by Gasteiger charge is 2.25. The van der Waals surface area contributed by atoms with Crippen LogP contribution >= 0.6 is 22.9 Å². The summed E-state index contributed by atoms with van der Waals surface area (Å²) in [5.41, 5.74) is 1.27. The maximum Gasteiger partial charge on any atom is 0.223 e. The van der Waals surface area contributed by atoms with E-state index >= 15 is 0 Å². The number of piperazine rings is 1. The lowest BCUT2D eigenvalue weighted by atomic mass is 10.1. The van der Waals surface area contributed by atoms with Crippen LogP contribution in [0.5, 0.6) is 0 Å². The summed E-state index contributed by atoms with van der Waals surface area (Å²) in [6.45, 7) is 11.6. The van der Waals surface area contributed by atoms with Gasteiger partial charge in [0.25, 0.3) is 0 Å². The molecule has 0 aromatic carbocycles. The van der Waals surface area contributed by atoms with Gasteiger partial charge in [-0.1, -0.05) is 13.8 Å². The van der Waals surface area contributed by atoms with Gasteiger partial charge in [-0.25, -0.2) is 9.97 Å². The van der Waals surface area contributed by atoms with E-state index in [4.69, 9.17) is 21.6 Å². The monoisotopic (exact) mass is 380 g/mol. The summed E-state index contributed by atoms with van der Waals surface area (Å²) >= 11 is 7.44. The normalized spacial score (nSPS) is 15.4. The van der Waals surface area contributed by atoms with Crippen LogP contribution in [0.15, 0.2) is 0 Å². The van der Waals surface area contributed by atoms with Gasteiger partial charge in [0, 0.05) is 49.3 Å². The molecule has 1 aliphatic rings. The maximum atomic E-state index is 12.1. The Hall–Kier alpha value is -1.40. The lowest BCUT2D eigenvalue weighted by Gasteiger charge is -2.36. The number of nitrogens with zero attached hydrogens (tertiary/aromatic N) is 4. The van der Waals surface area contributed by atoms with Crippen molar-refractivity contribution in [3.05, 3.63) is 16.3 Å². The van der Waals surface area contributed by atoms with Gasteiger partial charge in [-0.15, -0.1) is 22.9 Å². The first-order valence-corrected chi connectivity index (χ1v) is 10.1. The van der Waals surface area contributed by atoms with E-state index in [0.29, 0.717) is 12.3 Å². The molecule has 0 atom stereocenters. The molecule has 0 saturated carbocycles. The maximum absolute atomic E-state index is 12.1. The van der Waals surface area contributed by atoms with Gasteiger partial charge in [0.05, 0.1) is 5.39 Å². The molecule has 0 radical (unpaired) electrons. The molecule has 0 N–H and O–H groups in total. The number of rotatable bonds is 4. The number of hydrogen-bond donors (Lipinski definition) is 0. The summed E-state index contributed by atoms with van der Waals surface area (Å²) in [5, 5.41) is 1.17. The van der Waals surface area contributed by atoms with Gasteiger partial charge in [0.2, 0.25) is 5.91 Å². The zero-order valence-electron chi connectivity index (χ0n) is 15.3. The molecule has 3 heterocycles. The fourth-order valence-corrected chi connectivity index (χ4v) is 4.33. The number of aromatic nitrogens is 2. The van der Waals surface area contributed by atoms with Crippen LogP contribution in [0.4, 0.5) is 5.82 Å². The predicted molar refractivity (Wildman–Crippen MR) is 105 cm³/mol. The van der Waals surface area contributed by atoms with Crippen LogP contribution < -0.4 is 4.90 Å². The van der Waals surface area contributed by atoms with E-state index in [1.165, 1.54) is 15.8 Å². The van der Waals surface area contributed by atoms with Crippen LogP contribution in [0.2, 0.25) is 0 Å². The van der Waals surface area contributed by atoms with E-state index < -0.39 is 0 Å². The third-order valence-electron chi connectivity index (χ3n) is 4.78. The van der Waals surface area contributed by atoms with Crippen molar-refractivity contribution in [2.24, 2.45) is 0 Å². The molecule has 25 heavy (non-hydrogen) atoms. The molecule has 2 aromatic heterocycles. The van der Waals surface area contributed by atoms with E-state index in [-0.39, 0.29) is 11.8 Å². The molecule has 1 saturated heterocycles. The highest BCUT2D eigenvalue weighted by molar-refractivity contribution is 7.18. The highest BCUT2D eigenvalue weighted by Crippen LogP contribution is 2.36. The van der Waals surface area contributed by atoms with Crippen molar-refractivity contribution in [1.82, 2.24) is 14.9 Å². The summed E-state index contributed by atoms with van der Waals surface area (Å²) < 4.78 is 0. The zero-order chi connectivity index (χ0) is 18.1. The fraction of sp³-hybridized carbons (Fsp3) is 0.611. The molecule has 0 bridgehead atoms. The van der Waals surface area contributed by atoms with Gasteiger partial charge in [-0.05, 0) is 19.4 Å². The van der Waals surface area contributed by atoms with Crippen molar-refractivity contribution in [2.75, 3.05) is 37.0 Å². The lowest BCUT2D eigenvalue weighted by Crippen LogP contribution is -2.49. The quantitative estimate of drug-likeness (QED) is 0.758. The number of thiophene rings is 1. The fourth-order valence-electron chi connectivity index (χ4n) is 3.14. The number of anilines is 1. The number of hydrogen-bond acceptors (Lipinski definition) is 5. The van der Waals surface area contributed by atoms with Crippen LogP contribution in [0.25, 0.3) is 10.2 Å². The minimum Gasteiger partial charge on any atom is -0.352 e. The number of alkyl halides is 1. The molecule has 1 amide bonds. The molecule has 3 rings (SSSR count). The first kappa shape index (κ1) is 18.4. The molecule has 136 valence electrons. The van der Waals surface area contributed by atoms with Gasteiger partial charge in [-0.2, -0.15) is 0 Å². The van der Waals surface area contributed by atoms with E-state index in [1.54, 1.807) is 11.3 Å². The van der Waals surface area contributed by atoms with E-state index in [9.17, 15) is 4.79 Å². The number of carbonyl (C=O) groups excluding carboxylic acids is 1. The predicted octanol–water partition coefficient (Wildman–Crippen LogP) is 3.71.